The second-order valence-corrected chi connectivity index (χ2v) is 6.46. The second kappa shape index (κ2) is 15.0. The van der Waals surface area contributed by atoms with Gasteiger partial charge in [0, 0.05) is 12.4 Å². The van der Waals surface area contributed by atoms with Crippen LogP contribution in [0.15, 0.2) is 24.5 Å². The van der Waals surface area contributed by atoms with Crippen molar-refractivity contribution in [2.24, 2.45) is 0 Å². The number of nitrogens with one attached hydrogen (secondary N) is 1. The molecule has 0 atom stereocenters. The van der Waals surface area contributed by atoms with Crippen LogP contribution in [-0.2, 0) is 6.42 Å². The van der Waals surface area contributed by atoms with E-state index in [0.29, 0.717) is 0 Å². The van der Waals surface area contributed by atoms with Crippen molar-refractivity contribution in [3.05, 3.63) is 30.1 Å². The maximum Gasteiger partial charge on any atom is 0.0299 e. The molecule has 2 nitrogen and oxygen atoms in total. The zero-order valence-corrected chi connectivity index (χ0v) is 14.7. The highest BCUT2D eigenvalue weighted by Gasteiger charge is 1.95. The fourth-order valence-corrected chi connectivity index (χ4v) is 2.94. The lowest BCUT2D eigenvalue weighted by Crippen LogP contribution is -2.06. The van der Waals surface area contributed by atoms with Crippen LogP contribution in [0.3, 0.4) is 0 Å². The summed E-state index contributed by atoms with van der Waals surface area (Å²) in [5, 5.41) is 3.21. The number of rotatable bonds is 15. The largest absolute Gasteiger partial charge is 0.320 e. The summed E-state index contributed by atoms with van der Waals surface area (Å²) in [5.41, 5.74) is 1.39. The van der Waals surface area contributed by atoms with Gasteiger partial charge in [-0.3, -0.25) is 4.98 Å². The smallest absolute Gasteiger partial charge is 0.0299 e. The topological polar surface area (TPSA) is 24.9 Å². The minimum atomic E-state index is 1.18. The first kappa shape index (κ1) is 19.2. The number of unbranched alkanes of at least 4 members (excludes halogenated alkanes) is 11. The van der Waals surface area contributed by atoms with Gasteiger partial charge in [-0.05, 0) is 44.5 Å². The summed E-state index contributed by atoms with van der Waals surface area (Å²) in [6.45, 7) is 1.18. The van der Waals surface area contributed by atoms with Crippen LogP contribution in [0.25, 0.3) is 0 Å². The van der Waals surface area contributed by atoms with E-state index >= 15 is 0 Å². The standard InChI is InChI=1S/C20H36N2/c1-21-17-13-11-9-7-5-3-2-4-6-8-10-12-15-20-16-14-18-22-19-20/h14,16,18-19,21H,2-13,15,17H2,1H3. The molecular formula is C20H36N2. The Balaban J connectivity index is 1.73. The van der Waals surface area contributed by atoms with Crippen LogP contribution in [-0.4, -0.2) is 18.6 Å². The van der Waals surface area contributed by atoms with E-state index in [-0.39, 0.29) is 0 Å². The van der Waals surface area contributed by atoms with Crippen LogP contribution < -0.4 is 5.32 Å². The van der Waals surface area contributed by atoms with Gasteiger partial charge < -0.3 is 5.32 Å². The van der Waals surface area contributed by atoms with E-state index < -0.39 is 0 Å². The van der Waals surface area contributed by atoms with Crippen molar-refractivity contribution >= 4 is 0 Å². The van der Waals surface area contributed by atoms with Gasteiger partial charge in [0.15, 0.2) is 0 Å². The van der Waals surface area contributed by atoms with Crippen molar-refractivity contribution in [1.29, 1.82) is 0 Å². The Labute approximate surface area is 138 Å². The van der Waals surface area contributed by atoms with Gasteiger partial charge in [-0.1, -0.05) is 70.3 Å². The summed E-state index contributed by atoms with van der Waals surface area (Å²) in [5.74, 6) is 0. The summed E-state index contributed by atoms with van der Waals surface area (Å²) in [4.78, 5) is 4.17. The molecule has 1 aromatic heterocycles. The van der Waals surface area contributed by atoms with Gasteiger partial charge in [-0.2, -0.15) is 0 Å². The van der Waals surface area contributed by atoms with Crippen molar-refractivity contribution in [3.63, 3.8) is 0 Å². The van der Waals surface area contributed by atoms with Crippen LogP contribution in [0.5, 0.6) is 0 Å². The molecule has 0 aliphatic carbocycles. The van der Waals surface area contributed by atoms with Gasteiger partial charge in [0.25, 0.3) is 0 Å². The Morgan fingerprint density at radius 2 is 1.32 bits per heavy atom. The van der Waals surface area contributed by atoms with Crippen LogP contribution >= 0.6 is 0 Å². The number of pyridine rings is 1. The van der Waals surface area contributed by atoms with Crippen molar-refractivity contribution in [2.45, 2.75) is 83.5 Å². The summed E-state index contributed by atoms with van der Waals surface area (Å²) in [6.07, 6.45) is 22.0. The normalized spacial score (nSPS) is 11.0. The molecule has 1 heterocycles. The zero-order valence-electron chi connectivity index (χ0n) is 14.7. The lowest BCUT2D eigenvalue weighted by atomic mass is 10.0. The maximum atomic E-state index is 4.17. The maximum absolute atomic E-state index is 4.17. The van der Waals surface area contributed by atoms with Gasteiger partial charge in [-0.15, -0.1) is 0 Å². The summed E-state index contributed by atoms with van der Waals surface area (Å²) >= 11 is 0. The minimum absolute atomic E-state index is 1.18. The molecule has 1 rings (SSSR count). The molecule has 0 amide bonds. The predicted molar refractivity (Wildman–Crippen MR) is 97.3 cm³/mol. The molecule has 0 aliphatic rings. The third kappa shape index (κ3) is 11.7. The molecule has 1 N–H and O–H groups in total. The van der Waals surface area contributed by atoms with Crippen LogP contribution in [0, 0.1) is 0 Å². The first-order chi connectivity index (χ1) is 10.9. The highest BCUT2D eigenvalue weighted by atomic mass is 14.8. The molecule has 0 fully saturated rings. The first-order valence-corrected chi connectivity index (χ1v) is 9.47. The Hall–Kier alpha value is -0.890. The average molecular weight is 305 g/mol. The third-order valence-corrected chi connectivity index (χ3v) is 4.37. The third-order valence-electron chi connectivity index (χ3n) is 4.37. The molecule has 0 saturated carbocycles. The fourth-order valence-electron chi connectivity index (χ4n) is 2.94. The molecule has 2 heteroatoms. The van der Waals surface area contributed by atoms with E-state index in [9.17, 15) is 0 Å². The number of aromatic nitrogens is 1. The van der Waals surface area contributed by atoms with E-state index in [1.807, 2.05) is 25.5 Å². The van der Waals surface area contributed by atoms with Crippen molar-refractivity contribution in [3.8, 4) is 0 Å². The SMILES string of the molecule is CNCCCCCCCCCCCCCCc1cccnc1. The van der Waals surface area contributed by atoms with Gasteiger partial charge in [0.05, 0.1) is 0 Å². The number of aryl methyl sites for hydroxylation is 1. The molecule has 0 aliphatic heterocycles. The first-order valence-electron chi connectivity index (χ1n) is 9.47. The van der Waals surface area contributed by atoms with E-state index in [4.69, 9.17) is 0 Å². The van der Waals surface area contributed by atoms with Crippen molar-refractivity contribution in [1.82, 2.24) is 10.3 Å². The van der Waals surface area contributed by atoms with Crippen LogP contribution in [0.1, 0.15) is 82.6 Å². The summed E-state index contributed by atoms with van der Waals surface area (Å²) in [7, 11) is 2.04. The van der Waals surface area contributed by atoms with Gasteiger partial charge in [-0.25, -0.2) is 0 Å². The summed E-state index contributed by atoms with van der Waals surface area (Å²) < 4.78 is 0. The Morgan fingerprint density at radius 1 is 0.773 bits per heavy atom. The molecule has 0 spiro atoms. The Morgan fingerprint density at radius 3 is 1.82 bits per heavy atom. The van der Waals surface area contributed by atoms with E-state index in [2.05, 4.69) is 16.4 Å². The average Bonchev–Trinajstić information content (AvgIpc) is 2.56. The molecule has 126 valence electrons. The molecule has 0 bridgehead atoms. The lowest BCUT2D eigenvalue weighted by molar-refractivity contribution is 0.538. The molecule has 0 aromatic carbocycles. The molecule has 0 radical (unpaired) electrons. The quantitative estimate of drug-likeness (QED) is 0.431. The monoisotopic (exact) mass is 304 g/mol. The Kier molecular flexibility index (Phi) is 13.1. The van der Waals surface area contributed by atoms with Gasteiger partial charge in [0.2, 0.25) is 0 Å². The van der Waals surface area contributed by atoms with Crippen molar-refractivity contribution in [2.75, 3.05) is 13.6 Å². The molecule has 1 aromatic rings. The van der Waals surface area contributed by atoms with Crippen LogP contribution in [0.2, 0.25) is 0 Å². The van der Waals surface area contributed by atoms with Crippen LogP contribution in [0.4, 0.5) is 0 Å². The van der Waals surface area contributed by atoms with Gasteiger partial charge >= 0.3 is 0 Å². The minimum Gasteiger partial charge on any atom is -0.320 e. The fraction of sp³-hybridized carbons (Fsp3) is 0.750. The molecular weight excluding hydrogens is 268 g/mol. The van der Waals surface area contributed by atoms with Crippen molar-refractivity contribution < 1.29 is 0 Å². The van der Waals surface area contributed by atoms with E-state index in [1.54, 1.807) is 0 Å². The number of hydrogen-bond donors (Lipinski definition) is 1. The highest BCUT2D eigenvalue weighted by Crippen LogP contribution is 2.12. The van der Waals surface area contributed by atoms with Gasteiger partial charge in [0.1, 0.15) is 0 Å². The number of hydrogen-bond acceptors (Lipinski definition) is 2. The molecule has 0 saturated heterocycles. The Bertz CT molecular complexity index is 324. The summed E-state index contributed by atoms with van der Waals surface area (Å²) in [6, 6.07) is 4.22. The highest BCUT2D eigenvalue weighted by molar-refractivity contribution is 5.08. The predicted octanol–water partition coefficient (Wildman–Crippen LogP) is 5.52. The van der Waals surface area contributed by atoms with E-state index in [0.717, 1.165) is 0 Å². The lowest BCUT2D eigenvalue weighted by Gasteiger charge is -2.03. The van der Waals surface area contributed by atoms with E-state index in [1.165, 1.54) is 95.6 Å². The molecule has 0 unspecified atom stereocenters. The second-order valence-electron chi connectivity index (χ2n) is 6.46. The number of nitrogens with zero attached hydrogens (tertiary/aromatic N) is 1. The molecule has 22 heavy (non-hydrogen) atoms. The zero-order chi connectivity index (χ0) is 15.7.